The predicted octanol–water partition coefficient (Wildman–Crippen LogP) is 3.45. The summed E-state index contributed by atoms with van der Waals surface area (Å²) in [7, 11) is 3.25. The summed E-state index contributed by atoms with van der Waals surface area (Å²) in [5.41, 5.74) is 4.56. The van der Waals surface area contributed by atoms with Crippen molar-refractivity contribution in [3.05, 3.63) is 45.8 Å². The van der Waals surface area contributed by atoms with E-state index < -0.39 is 5.97 Å². The van der Waals surface area contributed by atoms with Crippen LogP contribution in [0.5, 0.6) is 11.5 Å². The highest BCUT2D eigenvalue weighted by molar-refractivity contribution is 6.03. The second-order valence-electron chi connectivity index (χ2n) is 7.58. The molecule has 0 saturated heterocycles. The predicted molar refractivity (Wildman–Crippen MR) is 114 cm³/mol. The fraction of sp³-hybridized carbons (Fsp3) is 0.478. The van der Waals surface area contributed by atoms with Gasteiger partial charge < -0.3 is 19.2 Å². The molecule has 2 aromatic rings. The number of H-pyrrole nitrogens is 1. The highest BCUT2D eigenvalue weighted by atomic mass is 16.5. The molecule has 1 N–H and O–H groups in total. The number of carbonyl (C=O) groups excluding carboxylic acids is 2. The molecule has 0 unspecified atom stereocenters. The zero-order valence-corrected chi connectivity index (χ0v) is 18.5. The van der Waals surface area contributed by atoms with Gasteiger partial charge in [-0.1, -0.05) is 0 Å². The zero-order valence-electron chi connectivity index (χ0n) is 18.5. The molecule has 3 rings (SSSR count). The minimum absolute atomic E-state index is 0.0323. The van der Waals surface area contributed by atoms with Crippen LogP contribution in [-0.4, -0.2) is 55.0 Å². The molecule has 1 aromatic carbocycles. The quantitative estimate of drug-likeness (QED) is 0.552. The number of nitrogens with one attached hydrogen (secondary N) is 1. The van der Waals surface area contributed by atoms with Crippen molar-refractivity contribution in [2.75, 3.05) is 27.4 Å². The van der Waals surface area contributed by atoms with Crippen LogP contribution in [0.2, 0.25) is 0 Å². The Morgan fingerprint density at radius 3 is 2.37 bits per heavy atom. The van der Waals surface area contributed by atoms with Crippen LogP contribution in [0.4, 0.5) is 0 Å². The number of ether oxygens (including phenoxy) is 3. The van der Waals surface area contributed by atoms with Crippen molar-refractivity contribution < 1.29 is 23.8 Å². The molecule has 7 nitrogen and oxygen atoms in total. The van der Waals surface area contributed by atoms with Crippen LogP contribution in [0.1, 0.15) is 57.1 Å². The Labute approximate surface area is 177 Å². The van der Waals surface area contributed by atoms with Gasteiger partial charge in [0.2, 0.25) is 0 Å². The molecule has 0 aliphatic carbocycles. The number of aromatic amines is 1. The third kappa shape index (κ3) is 3.94. The van der Waals surface area contributed by atoms with Gasteiger partial charge in [0.25, 0.3) is 0 Å². The maximum atomic E-state index is 13.3. The normalized spacial score (nSPS) is 14.7. The summed E-state index contributed by atoms with van der Waals surface area (Å²) >= 11 is 0. The van der Waals surface area contributed by atoms with Crippen LogP contribution >= 0.6 is 0 Å². The van der Waals surface area contributed by atoms with E-state index in [2.05, 4.69) is 9.88 Å². The van der Waals surface area contributed by atoms with Crippen LogP contribution in [0, 0.1) is 13.8 Å². The van der Waals surface area contributed by atoms with E-state index in [0.717, 1.165) is 24.3 Å². The number of aryl methyl sites for hydroxylation is 1. The number of ketones is 1. The summed E-state index contributed by atoms with van der Waals surface area (Å²) < 4.78 is 16.0. The minimum Gasteiger partial charge on any atom is -0.493 e. The van der Waals surface area contributed by atoms with Crippen molar-refractivity contribution in [2.24, 2.45) is 0 Å². The largest absolute Gasteiger partial charge is 0.493 e. The molecule has 162 valence electrons. The molecular formula is C23H30N2O5. The fourth-order valence-electron chi connectivity index (χ4n) is 4.12. The smallest absolute Gasteiger partial charge is 0.340 e. The second-order valence-corrected chi connectivity index (χ2v) is 7.58. The Hall–Kier alpha value is -2.80. The molecular weight excluding hydrogens is 384 g/mol. The number of hydrogen-bond acceptors (Lipinski definition) is 6. The number of benzene rings is 1. The van der Waals surface area contributed by atoms with Crippen LogP contribution in [-0.2, 0) is 17.7 Å². The van der Waals surface area contributed by atoms with E-state index in [0.29, 0.717) is 41.4 Å². The maximum absolute atomic E-state index is 13.3. The van der Waals surface area contributed by atoms with Crippen LogP contribution in [0.3, 0.4) is 0 Å². The Bertz CT molecular complexity index is 963. The Morgan fingerprint density at radius 1 is 1.13 bits per heavy atom. The SMILES string of the molecule is CCOC(=O)c1c(C)[nH]c(C(=O)[C@H](C)N2CCc3cc(OC)c(OC)cc3C2)c1C. The van der Waals surface area contributed by atoms with Gasteiger partial charge in [-0.15, -0.1) is 0 Å². The Morgan fingerprint density at radius 2 is 1.77 bits per heavy atom. The van der Waals surface area contributed by atoms with Gasteiger partial charge in [0.15, 0.2) is 17.3 Å². The molecule has 0 amide bonds. The van der Waals surface area contributed by atoms with E-state index in [1.165, 1.54) is 5.56 Å². The number of fused-ring (bicyclic) bond motifs is 1. The first-order valence-electron chi connectivity index (χ1n) is 10.2. The number of hydrogen-bond donors (Lipinski definition) is 1. The summed E-state index contributed by atoms with van der Waals surface area (Å²) in [6.45, 7) is 8.96. The molecule has 30 heavy (non-hydrogen) atoms. The lowest BCUT2D eigenvalue weighted by Crippen LogP contribution is -2.42. The minimum atomic E-state index is -0.400. The van der Waals surface area contributed by atoms with Crippen molar-refractivity contribution in [3.8, 4) is 11.5 Å². The van der Waals surface area contributed by atoms with Crippen LogP contribution in [0.25, 0.3) is 0 Å². The van der Waals surface area contributed by atoms with Crippen molar-refractivity contribution in [2.45, 2.75) is 46.7 Å². The first-order chi connectivity index (χ1) is 14.3. The highest BCUT2D eigenvalue weighted by Gasteiger charge is 2.31. The standard InChI is InChI=1S/C23H30N2O5/c1-7-30-23(27)20-13(2)21(24-14(20)3)22(26)15(4)25-9-8-16-10-18(28-5)19(29-6)11-17(16)12-25/h10-11,15,24H,7-9,12H2,1-6H3/t15-/m0/s1. The monoisotopic (exact) mass is 414 g/mol. The van der Waals surface area contributed by atoms with Gasteiger partial charge in [0.1, 0.15) is 0 Å². The number of methoxy groups -OCH3 is 2. The molecule has 1 aliphatic heterocycles. The number of esters is 1. The van der Waals surface area contributed by atoms with Gasteiger partial charge in [-0.3, -0.25) is 9.69 Å². The fourth-order valence-corrected chi connectivity index (χ4v) is 4.12. The summed E-state index contributed by atoms with van der Waals surface area (Å²) in [5, 5.41) is 0. The molecule has 2 heterocycles. The molecule has 0 fully saturated rings. The first kappa shape index (κ1) is 21.9. The van der Waals surface area contributed by atoms with E-state index in [-0.39, 0.29) is 11.8 Å². The number of carbonyl (C=O) groups is 2. The number of nitrogens with zero attached hydrogens (tertiary/aromatic N) is 1. The van der Waals surface area contributed by atoms with Crippen molar-refractivity contribution >= 4 is 11.8 Å². The Kier molecular flexibility index (Phi) is 6.51. The van der Waals surface area contributed by atoms with E-state index in [1.807, 2.05) is 19.1 Å². The molecule has 0 bridgehead atoms. The molecule has 1 aliphatic rings. The molecule has 1 atom stereocenters. The zero-order chi connectivity index (χ0) is 22.0. The van der Waals surface area contributed by atoms with Crippen LogP contribution in [0.15, 0.2) is 12.1 Å². The number of rotatable bonds is 7. The average Bonchev–Trinajstić information content (AvgIpc) is 3.05. The van der Waals surface area contributed by atoms with Crippen molar-refractivity contribution in [3.63, 3.8) is 0 Å². The summed E-state index contributed by atoms with van der Waals surface area (Å²) in [4.78, 5) is 30.8. The molecule has 0 radical (unpaired) electrons. The molecule has 0 spiro atoms. The van der Waals surface area contributed by atoms with E-state index >= 15 is 0 Å². The van der Waals surface area contributed by atoms with Gasteiger partial charge in [-0.2, -0.15) is 0 Å². The third-order valence-corrected chi connectivity index (χ3v) is 5.84. The number of Topliss-reactive ketones (excluding diaryl/α,β-unsaturated/α-hetero) is 1. The lowest BCUT2D eigenvalue weighted by molar-refractivity contribution is 0.0525. The maximum Gasteiger partial charge on any atom is 0.340 e. The summed E-state index contributed by atoms with van der Waals surface area (Å²) in [6.07, 6.45) is 0.824. The van der Waals surface area contributed by atoms with Gasteiger partial charge in [-0.05, 0) is 62.9 Å². The lowest BCUT2D eigenvalue weighted by atomic mass is 9.96. The highest BCUT2D eigenvalue weighted by Crippen LogP contribution is 2.34. The van der Waals surface area contributed by atoms with Gasteiger partial charge >= 0.3 is 5.97 Å². The van der Waals surface area contributed by atoms with E-state index in [9.17, 15) is 9.59 Å². The van der Waals surface area contributed by atoms with Crippen LogP contribution < -0.4 is 9.47 Å². The van der Waals surface area contributed by atoms with Gasteiger partial charge in [-0.25, -0.2) is 4.79 Å². The van der Waals surface area contributed by atoms with E-state index in [1.54, 1.807) is 35.0 Å². The second kappa shape index (κ2) is 8.92. The van der Waals surface area contributed by atoms with E-state index in [4.69, 9.17) is 14.2 Å². The topological polar surface area (TPSA) is 80.9 Å². The molecule has 7 heteroatoms. The number of aromatic nitrogens is 1. The average molecular weight is 415 g/mol. The summed E-state index contributed by atoms with van der Waals surface area (Å²) in [5.74, 6) is 0.975. The summed E-state index contributed by atoms with van der Waals surface area (Å²) in [6, 6.07) is 3.67. The first-order valence-corrected chi connectivity index (χ1v) is 10.2. The van der Waals surface area contributed by atoms with Crippen molar-refractivity contribution in [1.82, 2.24) is 9.88 Å². The van der Waals surface area contributed by atoms with Gasteiger partial charge in [0, 0.05) is 18.8 Å². The molecule has 1 aromatic heterocycles. The third-order valence-electron chi connectivity index (χ3n) is 5.84. The van der Waals surface area contributed by atoms with Gasteiger partial charge in [0.05, 0.1) is 38.1 Å². The Balaban J connectivity index is 1.83. The molecule has 0 saturated carbocycles. The lowest BCUT2D eigenvalue weighted by Gasteiger charge is -2.33. The van der Waals surface area contributed by atoms with Crippen molar-refractivity contribution in [1.29, 1.82) is 0 Å².